The van der Waals surface area contributed by atoms with E-state index in [1.54, 1.807) is 6.08 Å². The summed E-state index contributed by atoms with van der Waals surface area (Å²) in [6.07, 6.45) is 6.68. The first kappa shape index (κ1) is 17.3. The fourth-order valence-electron chi connectivity index (χ4n) is 1.40. The lowest BCUT2D eigenvalue weighted by Crippen LogP contribution is -1.94. The molecule has 19 heavy (non-hydrogen) atoms. The van der Waals surface area contributed by atoms with Gasteiger partial charge >= 0.3 is 0 Å². The third-order valence-electron chi connectivity index (χ3n) is 2.52. The van der Waals surface area contributed by atoms with Gasteiger partial charge in [-0.05, 0) is 45.3 Å². The van der Waals surface area contributed by atoms with Crippen LogP contribution in [0, 0.1) is 0 Å². The largest absolute Gasteiger partial charge is 0.326 e. The molecular formula is C17H25NO. The third-order valence-corrected chi connectivity index (χ3v) is 2.52. The standard InChI is InChI=1S/C10H16O.C7H9N/c1-9(2)5-4-6-10(3)7-8-11;8-6-7-4-2-1-3-5-7/h5,7-8H,4,6H2,1-3H3;1-5H,6,8H2. The van der Waals surface area contributed by atoms with Crippen LogP contribution in [0.4, 0.5) is 0 Å². The van der Waals surface area contributed by atoms with Crippen molar-refractivity contribution >= 4 is 6.29 Å². The summed E-state index contributed by atoms with van der Waals surface area (Å²) in [6.45, 7) is 6.78. The van der Waals surface area contributed by atoms with Crippen LogP contribution in [0.5, 0.6) is 0 Å². The minimum Gasteiger partial charge on any atom is -0.326 e. The van der Waals surface area contributed by atoms with Gasteiger partial charge in [-0.15, -0.1) is 0 Å². The van der Waals surface area contributed by atoms with Gasteiger partial charge in [0.2, 0.25) is 0 Å². The van der Waals surface area contributed by atoms with Gasteiger partial charge in [-0.25, -0.2) is 0 Å². The Morgan fingerprint density at radius 3 is 2.21 bits per heavy atom. The topological polar surface area (TPSA) is 43.1 Å². The lowest BCUT2D eigenvalue weighted by Gasteiger charge is -1.94. The second-order valence-corrected chi connectivity index (χ2v) is 4.66. The molecule has 0 atom stereocenters. The van der Waals surface area contributed by atoms with E-state index in [1.165, 1.54) is 11.1 Å². The summed E-state index contributed by atoms with van der Waals surface area (Å²) in [5.41, 5.74) is 9.02. The lowest BCUT2D eigenvalue weighted by atomic mass is 10.1. The minimum atomic E-state index is 0.640. The molecule has 0 saturated carbocycles. The maximum absolute atomic E-state index is 10.0. The molecule has 0 saturated heterocycles. The van der Waals surface area contributed by atoms with Gasteiger partial charge in [-0.1, -0.05) is 47.6 Å². The second kappa shape index (κ2) is 11.4. The lowest BCUT2D eigenvalue weighted by molar-refractivity contribution is -0.104. The van der Waals surface area contributed by atoms with Crippen LogP contribution in [-0.4, -0.2) is 6.29 Å². The minimum absolute atomic E-state index is 0.640. The van der Waals surface area contributed by atoms with Crippen LogP contribution >= 0.6 is 0 Å². The van der Waals surface area contributed by atoms with Crippen molar-refractivity contribution in [2.75, 3.05) is 0 Å². The Hall–Kier alpha value is -1.67. The quantitative estimate of drug-likeness (QED) is 0.493. The summed E-state index contributed by atoms with van der Waals surface area (Å²) in [5.74, 6) is 0. The first-order valence-corrected chi connectivity index (χ1v) is 6.58. The highest BCUT2D eigenvalue weighted by Crippen LogP contribution is 2.05. The number of hydrogen-bond donors (Lipinski definition) is 1. The van der Waals surface area contributed by atoms with Crippen molar-refractivity contribution in [3.8, 4) is 0 Å². The molecule has 0 bridgehead atoms. The molecule has 2 nitrogen and oxygen atoms in total. The maximum Gasteiger partial charge on any atom is 0.142 e. The van der Waals surface area contributed by atoms with E-state index < -0.39 is 0 Å². The van der Waals surface area contributed by atoms with Crippen LogP contribution < -0.4 is 5.73 Å². The van der Waals surface area contributed by atoms with Crippen molar-refractivity contribution in [1.29, 1.82) is 0 Å². The Labute approximate surface area is 117 Å². The van der Waals surface area contributed by atoms with E-state index in [4.69, 9.17) is 5.73 Å². The summed E-state index contributed by atoms with van der Waals surface area (Å²) in [5, 5.41) is 0. The highest BCUT2D eigenvalue weighted by atomic mass is 16.1. The first-order valence-electron chi connectivity index (χ1n) is 6.58. The van der Waals surface area contributed by atoms with Gasteiger partial charge in [-0.2, -0.15) is 0 Å². The third kappa shape index (κ3) is 11.2. The number of carbonyl (C=O) groups is 1. The molecular weight excluding hydrogens is 234 g/mol. The van der Waals surface area contributed by atoms with Crippen molar-refractivity contribution < 1.29 is 4.79 Å². The van der Waals surface area contributed by atoms with E-state index >= 15 is 0 Å². The summed E-state index contributed by atoms with van der Waals surface area (Å²) < 4.78 is 0. The van der Waals surface area contributed by atoms with Crippen molar-refractivity contribution in [2.45, 2.75) is 40.2 Å². The normalized spacial score (nSPS) is 10.2. The molecule has 0 unspecified atom stereocenters. The summed E-state index contributed by atoms with van der Waals surface area (Å²) in [7, 11) is 0. The van der Waals surface area contributed by atoms with Crippen molar-refractivity contribution in [1.82, 2.24) is 0 Å². The number of carbonyl (C=O) groups excluding carboxylic acids is 1. The van der Waals surface area contributed by atoms with E-state index in [-0.39, 0.29) is 0 Å². The molecule has 0 aliphatic rings. The van der Waals surface area contributed by atoms with Crippen LogP contribution in [0.1, 0.15) is 39.2 Å². The predicted octanol–water partition coefficient (Wildman–Crippen LogP) is 4.02. The molecule has 1 aromatic carbocycles. The fourth-order valence-corrected chi connectivity index (χ4v) is 1.40. The van der Waals surface area contributed by atoms with Gasteiger partial charge in [0.1, 0.15) is 6.29 Å². The van der Waals surface area contributed by atoms with Crippen molar-refractivity contribution in [3.63, 3.8) is 0 Å². The Kier molecular flexibility index (Phi) is 10.4. The summed E-state index contributed by atoms with van der Waals surface area (Å²) in [6, 6.07) is 9.99. The van der Waals surface area contributed by atoms with E-state index in [0.29, 0.717) is 6.54 Å². The van der Waals surface area contributed by atoms with Crippen LogP contribution in [0.25, 0.3) is 0 Å². The molecule has 2 heteroatoms. The molecule has 1 rings (SSSR count). The highest BCUT2D eigenvalue weighted by Gasteiger charge is 1.86. The zero-order valence-electron chi connectivity index (χ0n) is 12.2. The molecule has 1 aromatic rings. The number of hydrogen-bond acceptors (Lipinski definition) is 2. The zero-order chi connectivity index (χ0) is 14.5. The van der Waals surface area contributed by atoms with E-state index in [1.807, 2.05) is 37.3 Å². The molecule has 0 amide bonds. The molecule has 0 aliphatic heterocycles. The van der Waals surface area contributed by atoms with Crippen molar-refractivity contribution in [2.24, 2.45) is 5.73 Å². The summed E-state index contributed by atoms with van der Waals surface area (Å²) in [4.78, 5) is 10.0. The number of allylic oxidation sites excluding steroid dienone is 4. The molecule has 0 fully saturated rings. The number of nitrogens with two attached hydrogens (primary N) is 1. The van der Waals surface area contributed by atoms with Crippen LogP contribution in [0.2, 0.25) is 0 Å². The second-order valence-electron chi connectivity index (χ2n) is 4.66. The Morgan fingerprint density at radius 1 is 1.16 bits per heavy atom. The molecule has 0 aliphatic carbocycles. The molecule has 0 radical (unpaired) electrons. The van der Waals surface area contributed by atoms with E-state index in [2.05, 4.69) is 19.9 Å². The number of rotatable bonds is 5. The predicted molar refractivity (Wildman–Crippen MR) is 82.8 cm³/mol. The molecule has 0 heterocycles. The van der Waals surface area contributed by atoms with Gasteiger partial charge in [0.05, 0.1) is 0 Å². The Balaban J connectivity index is 0.000000356. The van der Waals surface area contributed by atoms with Gasteiger partial charge in [0.15, 0.2) is 0 Å². The van der Waals surface area contributed by atoms with Gasteiger partial charge < -0.3 is 5.73 Å². The number of benzene rings is 1. The molecule has 0 spiro atoms. The molecule has 104 valence electrons. The van der Waals surface area contributed by atoms with Gasteiger partial charge in [0.25, 0.3) is 0 Å². The average molecular weight is 259 g/mol. The average Bonchev–Trinajstić information content (AvgIpc) is 2.40. The maximum atomic E-state index is 10.0. The SMILES string of the molecule is CC(C)=CCCC(C)=CC=O.NCc1ccccc1. The Bertz CT molecular complexity index is 401. The molecule has 0 aromatic heterocycles. The molecule has 2 N–H and O–H groups in total. The van der Waals surface area contributed by atoms with Crippen LogP contribution in [0.3, 0.4) is 0 Å². The Morgan fingerprint density at radius 2 is 1.79 bits per heavy atom. The van der Waals surface area contributed by atoms with Gasteiger partial charge in [-0.3, -0.25) is 4.79 Å². The van der Waals surface area contributed by atoms with E-state index in [9.17, 15) is 4.79 Å². The smallest absolute Gasteiger partial charge is 0.142 e. The highest BCUT2D eigenvalue weighted by molar-refractivity contribution is 5.65. The first-order chi connectivity index (χ1) is 9.10. The fraction of sp³-hybridized carbons (Fsp3) is 0.353. The number of aldehydes is 1. The monoisotopic (exact) mass is 259 g/mol. The van der Waals surface area contributed by atoms with Crippen LogP contribution in [-0.2, 0) is 11.3 Å². The van der Waals surface area contributed by atoms with Crippen LogP contribution in [0.15, 0.2) is 53.6 Å². The summed E-state index contributed by atoms with van der Waals surface area (Å²) >= 11 is 0. The van der Waals surface area contributed by atoms with Crippen molar-refractivity contribution in [3.05, 3.63) is 59.2 Å². The van der Waals surface area contributed by atoms with E-state index in [0.717, 1.165) is 24.7 Å². The van der Waals surface area contributed by atoms with Gasteiger partial charge in [0, 0.05) is 6.54 Å². The zero-order valence-corrected chi connectivity index (χ0v) is 12.2.